The number of methoxy groups -OCH3 is 1. The largest absolute Gasteiger partial charge is 0.494 e. The maximum atomic E-state index is 12.9. The van der Waals surface area contributed by atoms with E-state index in [0.717, 1.165) is 18.8 Å². The van der Waals surface area contributed by atoms with Gasteiger partial charge in [0.1, 0.15) is 15.7 Å². The van der Waals surface area contributed by atoms with Gasteiger partial charge >= 0.3 is 0 Å². The molecule has 10 nitrogen and oxygen atoms in total. The van der Waals surface area contributed by atoms with E-state index < -0.39 is 10.0 Å². The molecule has 1 saturated heterocycles. The van der Waals surface area contributed by atoms with Crippen molar-refractivity contribution >= 4 is 50.5 Å². The van der Waals surface area contributed by atoms with Gasteiger partial charge in [-0.3, -0.25) is 0 Å². The third kappa shape index (κ3) is 6.80. The Morgan fingerprint density at radius 2 is 1.86 bits per heavy atom. The van der Waals surface area contributed by atoms with E-state index in [-0.39, 0.29) is 27.6 Å². The summed E-state index contributed by atoms with van der Waals surface area (Å²) in [7, 11) is -2.14. The first kappa shape index (κ1) is 26.9. The van der Waals surface area contributed by atoms with Crippen LogP contribution in [-0.2, 0) is 14.8 Å². The first-order chi connectivity index (χ1) is 17.8. The molecule has 3 aromatic rings. The molecule has 198 valence electrons. The number of halogens is 1. The van der Waals surface area contributed by atoms with Gasteiger partial charge in [-0.05, 0) is 30.2 Å². The first-order valence-corrected chi connectivity index (χ1v) is 13.8. The molecule has 0 radical (unpaired) electrons. The molecule has 0 amide bonds. The number of sulfonamides is 1. The summed E-state index contributed by atoms with van der Waals surface area (Å²) in [4.78, 5) is 11.1. The second-order valence-electron chi connectivity index (χ2n) is 8.87. The molecule has 1 aliphatic heterocycles. The molecule has 4 rings (SSSR count). The predicted octanol–water partition coefficient (Wildman–Crippen LogP) is 4.40. The lowest BCUT2D eigenvalue weighted by Gasteiger charge is -2.29. The van der Waals surface area contributed by atoms with Crippen molar-refractivity contribution in [3.63, 3.8) is 0 Å². The summed E-state index contributed by atoms with van der Waals surface area (Å²) in [6, 6.07) is 12.4. The minimum atomic E-state index is -3.74. The maximum absolute atomic E-state index is 12.9. The highest BCUT2D eigenvalue weighted by molar-refractivity contribution is 7.89. The van der Waals surface area contributed by atoms with Gasteiger partial charge in [0.2, 0.25) is 16.0 Å². The van der Waals surface area contributed by atoms with E-state index in [4.69, 9.17) is 21.1 Å². The van der Waals surface area contributed by atoms with Crippen LogP contribution in [0.15, 0.2) is 53.6 Å². The van der Waals surface area contributed by atoms with Crippen LogP contribution in [0, 0.1) is 5.92 Å². The smallest absolute Gasteiger partial charge is 0.242 e. The van der Waals surface area contributed by atoms with Crippen LogP contribution < -0.4 is 25.0 Å². The Labute approximate surface area is 222 Å². The fourth-order valence-electron chi connectivity index (χ4n) is 3.72. The molecule has 0 saturated carbocycles. The van der Waals surface area contributed by atoms with Crippen LogP contribution in [0.1, 0.15) is 13.8 Å². The molecule has 1 aliphatic rings. The minimum Gasteiger partial charge on any atom is -0.494 e. The van der Waals surface area contributed by atoms with E-state index in [1.54, 1.807) is 25.3 Å². The van der Waals surface area contributed by atoms with Crippen LogP contribution >= 0.6 is 11.6 Å². The van der Waals surface area contributed by atoms with E-state index >= 15 is 0 Å². The van der Waals surface area contributed by atoms with Crippen molar-refractivity contribution in [2.45, 2.75) is 18.7 Å². The summed E-state index contributed by atoms with van der Waals surface area (Å²) in [6.07, 6.45) is 1.45. The Hall–Kier alpha value is -3.12. The van der Waals surface area contributed by atoms with Gasteiger partial charge in [0.25, 0.3) is 0 Å². The monoisotopic (exact) mass is 546 g/mol. The van der Waals surface area contributed by atoms with Crippen molar-refractivity contribution in [2.24, 2.45) is 5.92 Å². The average Bonchev–Trinajstić information content (AvgIpc) is 2.90. The number of ether oxygens (including phenoxy) is 2. The lowest BCUT2D eigenvalue weighted by Crippen LogP contribution is -2.36. The quantitative estimate of drug-likeness (QED) is 0.340. The number of nitrogens with zero attached hydrogens (tertiary/aromatic N) is 3. The fraction of sp³-hybridized carbons (Fsp3) is 0.360. The molecule has 3 N–H and O–H groups in total. The highest BCUT2D eigenvalue weighted by Gasteiger charge is 2.20. The molecular weight excluding hydrogens is 516 g/mol. The van der Waals surface area contributed by atoms with Gasteiger partial charge < -0.3 is 25.0 Å². The Balaban J connectivity index is 1.56. The molecule has 0 bridgehead atoms. The third-order valence-corrected chi connectivity index (χ3v) is 7.42. The van der Waals surface area contributed by atoms with Crippen LogP contribution in [0.25, 0.3) is 0 Å². The van der Waals surface area contributed by atoms with Gasteiger partial charge in [0.05, 0.1) is 37.9 Å². The summed E-state index contributed by atoms with van der Waals surface area (Å²) in [5.41, 5.74) is 2.06. The molecule has 2 aromatic carbocycles. The Morgan fingerprint density at radius 1 is 1.11 bits per heavy atom. The van der Waals surface area contributed by atoms with Gasteiger partial charge in [-0.2, -0.15) is 4.98 Å². The maximum Gasteiger partial charge on any atom is 0.242 e. The van der Waals surface area contributed by atoms with Crippen molar-refractivity contribution in [3.8, 4) is 5.75 Å². The molecule has 12 heteroatoms. The summed E-state index contributed by atoms with van der Waals surface area (Å²) in [5, 5.41) is 6.45. The van der Waals surface area contributed by atoms with E-state index in [0.29, 0.717) is 36.9 Å². The average molecular weight is 547 g/mol. The summed E-state index contributed by atoms with van der Waals surface area (Å²) < 4.78 is 39.5. The van der Waals surface area contributed by atoms with E-state index in [2.05, 4.69) is 30.2 Å². The van der Waals surface area contributed by atoms with Gasteiger partial charge in [-0.1, -0.05) is 37.6 Å². The second kappa shape index (κ2) is 12.0. The summed E-state index contributed by atoms with van der Waals surface area (Å²) in [5.74, 6) is 1.32. The fourth-order valence-corrected chi connectivity index (χ4v) is 5.24. The highest BCUT2D eigenvalue weighted by Crippen LogP contribution is 2.33. The van der Waals surface area contributed by atoms with Crippen LogP contribution in [-0.4, -0.2) is 58.3 Å². The van der Waals surface area contributed by atoms with Crippen LogP contribution in [0.3, 0.4) is 0 Å². The number of anilines is 5. The second-order valence-corrected chi connectivity index (χ2v) is 11.0. The minimum absolute atomic E-state index is 0.0974. The van der Waals surface area contributed by atoms with E-state index in [1.165, 1.54) is 12.3 Å². The first-order valence-electron chi connectivity index (χ1n) is 11.9. The zero-order chi connectivity index (χ0) is 26.4. The number of morpholine rings is 1. The lowest BCUT2D eigenvalue weighted by molar-refractivity contribution is 0.122. The molecule has 2 heterocycles. The molecule has 0 atom stereocenters. The molecule has 0 aliphatic carbocycles. The number of benzene rings is 2. The van der Waals surface area contributed by atoms with E-state index in [9.17, 15) is 8.42 Å². The molecular formula is C25H31ClN6O4S. The molecule has 0 spiro atoms. The number of rotatable bonds is 10. The van der Waals surface area contributed by atoms with E-state index in [1.807, 2.05) is 32.0 Å². The lowest BCUT2D eigenvalue weighted by atomic mass is 10.2. The number of hydrogen-bond donors (Lipinski definition) is 3. The van der Waals surface area contributed by atoms with Gasteiger partial charge in [-0.25, -0.2) is 18.1 Å². The SMILES string of the molecule is COc1cc(N2CCOCC2)ccc1Nc1ncc(Cl)c(Nc2ccccc2S(=O)(=O)NCC(C)C)n1. The van der Waals surface area contributed by atoms with Gasteiger partial charge in [0.15, 0.2) is 5.82 Å². The van der Waals surface area contributed by atoms with Crippen molar-refractivity contribution in [2.75, 3.05) is 55.5 Å². The zero-order valence-electron chi connectivity index (χ0n) is 21.0. The zero-order valence-corrected chi connectivity index (χ0v) is 22.6. The van der Waals surface area contributed by atoms with Crippen molar-refractivity contribution in [1.29, 1.82) is 0 Å². The van der Waals surface area contributed by atoms with Crippen molar-refractivity contribution in [1.82, 2.24) is 14.7 Å². The van der Waals surface area contributed by atoms with Gasteiger partial charge in [0, 0.05) is 31.4 Å². The van der Waals surface area contributed by atoms with Gasteiger partial charge in [-0.15, -0.1) is 0 Å². The standard InChI is InChI=1S/C25H31ClN6O4S/c1-17(2)15-28-37(33,34)23-7-5-4-6-21(23)29-24-19(26)16-27-25(31-24)30-20-9-8-18(14-22(20)35-3)32-10-12-36-13-11-32/h4-9,14,16-17,28H,10-13,15H2,1-3H3,(H2,27,29,30,31). The summed E-state index contributed by atoms with van der Waals surface area (Å²) >= 11 is 6.36. The molecule has 1 aromatic heterocycles. The number of para-hydroxylation sites is 1. The van der Waals surface area contributed by atoms with Crippen LogP contribution in [0.5, 0.6) is 5.75 Å². The number of nitrogens with one attached hydrogen (secondary N) is 3. The Kier molecular flexibility index (Phi) is 8.70. The van der Waals surface area contributed by atoms with Crippen LogP contribution in [0.2, 0.25) is 5.02 Å². The third-order valence-electron chi connectivity index (χ3n) is 5.66. The number of aromatic nitrogens is 2. The Morgan fingerprint density at radius 3 is 2.59 bits per heavy atom. The molecule has 0 unspecified atom stereocenters. The van der Waals surface area contributed by atoms with Crippen molar-refractivity contribution in [3.05, 3.63) is 53.7 Å². The highest BCUT2D eigenvalue weighted by atomic mass is 35.5. The summed E-state index contributed by atoms with van der Waals surface area (Å²) in [6.45, 7) is 7.21. The van der Waals surface area contributed by atoms with Crippen molar-refractivity contribution < 1.29 is 17.9 Å². The van der Waals surface area contributed by atoms with Crippen LogP contribution in [0.4, 0.5) is 28.8 Å². The molecule has 37 heavy (non-hydrogen) atoms. The topological polar surface area (TPSA) is 118 Å². The predicted molar refractivity (Wildman–Crippen MR) is 146 cm³/mol. The normalized spacial score (nSPS) is 14.0. The number of hydrogen-bond acceptors (Lipinski definition) is 9. The Bertz CT molecular complexity index is 1330. The molecule has 1 fully saturated rings.